The molecule has 1 aromatic heterocycles. The fourth-order valence-electron chi connectivity index (χ4n) is 1.40. The summed E-state index contributed by atoms with van der Waals surface area (Å²) in [5.74, 6) is -0.344. The average molecular weight is 281 g/mol. The zero-order valence-electron chi connectivity index (χ0n) is 8.27. The highest BCUT2D eigenvalue weighted by Crippen LogP contribution is 2.14. The molecule has 0 unspecified atom stereocenters. The van der Waals surface area contributed by atoms with Crippen LogP contribution in [0.3, 0.4) is 0 Å². The number of H-pyrrole nitrogens is 1. The first kappa shape index (κ1) is 10.9. The fourth-order valence-corrected chi connectivity index (χ4v) is 1.85. The van der Waals surface area contributed by atoms with Crippen LogP contribution >= 0.6 is 15.9 Å². The molecule has 0 bridgehead atoms. The molecule has 0 aliphatic carbocycles. The maximum Gasteiger partial charge on any atom is 0.353 e. The van der Waals surface area contributed by atoms with Crippen LogP contribution in [-0.2, 0) is 6.42 Å². The molecule has 0 aliphatic rings. The van der Waals surface area contributed by atoms with Crippen molar-refractivity contribution in [3.8, 4) is 0 Å². The molecule has 16 heavy (non-hydrogen) atoms. The standard InChI is InChI=1S/C11H9BrN2O2/c12-8-3-1-2-7(4-8)5-10-13-6-9(14-10)11(15)16/h1-4,6H,5H2,(H,13,14)(H,15,16). The number of carbonyl (C=O) groups is 1. The Morgan fingerprint density at radius 3 is 2.94 bits per heavy atom. The number of aromatic amines is 1. The van der Waals surface area contributed by atoms with E-state index in [4.69, 9.17) is 5.11 Å². The number of hydrogen-bond donors (Lipinski definition) is 2. The molecule has 0 amide bonds. The van der Waals surface area contributed by atoms with Gasteiger partial charge >= 0.3 is 5.97 Å². The van der Waals surface area contributed by atoms with Gasteiger partial charge in [-0.2, -0.15) is 0 Å². The van der Waals surface area contributed by atoms with E-state index in [1.165, 1.54) is 6.20 Å². The van der Waals surface area contributed by atoms with Crippen molar-refractivity contribution in [3.63, 3.8) is 0 Å². The second-order valence-electron chi connectivity index (χ2n) is 3.36. The minimum absolute atomic E-state index is 0.116. The van der Waals surface area contributed by atoms with E-state index in [0.29, 0.717) is 12.2 Å². The lowest BCUT2D eigenvalue weighted by Gasteiger charge is -1.98. The molecule has 0 fully saturated rings. The molecule has 0 spiro atoms. The fraction of sp³-hybridized carbons (Fsp3) is 0.0909. The summed E-state index contributed by atoms with van der Waals surface area (Å²) in [6.45, 7) is 0. The topological polar surface area (TPSA) is 66.0 Å². The van der Waals surface area contributed by atoms with Crippen LogP contribution in [0.4, 0.5) is 0 Å². The molecule has 0 radical (unpaired) electrons. The van der Waals surface area contributed by atoms with Crippen molar-refractivity contribution in [2.45, 2.75) is 6.42 Å². The van der Waals surface area contributed by atoms with Crippen molar-refractivity contribution < 1.29 is 9.90 Å². The highest BCUT2D eigenvalue weighted by molar-refractivity contribution is 9.10. The van der Waals surface area contributed by atoms with E-state index in [2.05, 4.69) is 25.9 Å². The van der Waals surface area contributed by atoms with Crippen molar-refractivity contribution in [2.75, 3.05) is 0 Å². The Bertz CT molecular complexity index is 522. The van der Waals surface area contributed by atoms with Crippen LogP contribution in [0.25, 0.3) is 0 Å². The molecule has 2 N–H and O–H groups in total. The summed E-state index contributed by atoms with van der Waals surface area (Å²) in [5.41, 5.74) is 1.19. The Hall–Kier alpha value is -1.62. The lowest BCUT2D eigenvalue weighted by molar-refractivity contribution is 0.0691. The van der Waals surface area contributed by atoms with Crippen molar-refractivity contribution >= 4 is 21.9 Å². The number of benzene rings is 1. The number of rotatable bonds is 3. The number of hydrogen-bond acceptors (Lipinski definition) is 2. The second kappa shape index (κ2) is 4.49. The van der Waals surface area contributed by atoms with Crippen molar-refractivity contribution in [1.29, 1.82) is 0 Å². The number of imidazole rings is 1. The molecule has 0 aliphatic heterocycles. The number of carboxylic acid groups (broad SMARTS) is 1. The van der Waals surface area contributed by atoms with Crippen LogP contribution in [0, 0.1) is 0 Å². The third kappa shape index (κ3) is 2.49. The van der Waals surface area contributed by atoms with E-state index in [1.54, 1.807) is 0 Å². The number of aromatic carboxylic acids is 1. The molecule has 0 atom stereocenters. The third-order valence-corrected chi connectivity index (χ3v) is 2.61. The summed E-state index contributed by atoms with van der Waals surface area (Å²) >= 11 is 3.38. The normalized spacial score (nSPS) is 10.3. The Morgan fingerprint density at radius 1 is 1.50 bits per heavy atom. The lowest BCUT2D eigenvalue weighted by Crippen LogP contribution is -1.97. The maximum atomic E-state index is 10.6. The Labute approximate surface area is 100 Å². The molecule has 0 saturated carbocycles. The van der Waals surface area contributed by atoms with Gasteiger partial charge in [0.25, 0.3) is 0 Å². The van der Waals surface area contributed by atoms with Gasteiger partial charge in [-0.15, -0.1) is 0 Å². The van der Waals surface area contributed by atoms with Gasteiger partial charge in [0.05, 0.1) is 6.20 Å². The van der Waals surface area contributed by atoms with Crippen LogP contribution < -0.4 is 0 Å². The second-order valence-corrected chi connectivity index (χ2v) is 4.27. The first-order valence-corrected chi connectivity index (χ1v) is 5.46. The Kier molecular flexibility index (Phi) is 3.05. The van der Waals surface area contributed by atoms with Gasteiger partial charge in [-0.1, -0.05) is 28.1 Å². The lowest BCUT2D eigenvalue weighted by atomic mass is 10.1. The third-order valence-electron chi connectivity index (χ3n) is 2.12. The number of carboxylic acids is 1. The van der Waals surface area contributed by atoms with E-state index in [1.807, 2.05) is 24.3 Å². The highest BCUT2D eigenvalue weighted by Gasteiger charge is 2.07. The Morgan fingerprint density at radius 2 is 2.31 bits per heavy atom. The van der Waals surface area contributed by atoms with Crippen molar-refractivity contribution in [3.05, 3.63) is 52.0 Å². The van der Waals surface area contributed by atoms with E-state index in [9.17, 15) is 4.79 Å². The van der Waals surface area contributed by atoms with Crippen LogP contribution in [-0.4, -0.2) is 21.0 Å². The van der Waals surface area contributed by atoms with Crippen molar-refractivity contribution in [2.24, 2.45) is 0 Å². The van der Waals surface area contributed by atoms with Gasteiger partial charge in [0.1, 0.15) is 11.5 Å². The smallest absolute Gasteiger partial charge is 0.353 e. The molecular weight excluding hydrogens is 272 g/mol. The van der Waals surface area contributed by atoms with E-state index in [0.717, 1.165) is 10.0 Å². The molecule has 1 aromatic carbocycles. The van der Waals surface area contributed by atoms with Crippen LogP contribution in [0.2, 0.25) is 0 Å². The molecule has 0 saturated heterocycles. The van der Waals surface area contributed by atoms with Crippen molar-refractivity contribution in [1.82, 2.24) is 9.97 Å². The van der Waals surface area contributed by atoms with Gasteiger partial charge in [0.15, 0.2) is 0 Å². The summed E-state index contributed by atoms with van der Waals surface area (Å²) in [7, 11) is 0. The first-order valence-electron chi connectivity index (χ1n) is 4.67. The number of halogens is 1. The number of aromatic nitrogens is 2. The largest absolute Gasteiger partial charge is 0.477 e. The molecule has 4 nitrogen and oxygen atoms in total. The first-order chi connectivity index (χ1) is 7.65. The molecule has 5 heteroatoms. The molecule has 2 aromatic rings. The minimum atomic E-state index is -0.993. The predicted molar refractivity (Wildman–Crippen MR) is 62.5 cm³/mol. The monoisotopic (exact) mass is 280 g/mol. The van der Waals surface area contributed by atoms with E-state index >= 15 is 0 Å². The van der Waals surface area contributed by atoms with Gasteiger partial charge in [0.2, 0.25) is 0 Å². The summed E-state index contributed by atoms with van der Waals surface area (Å²) in [6.07, 6.45) is 1.92. The maximum absolute atomic E-state index is 10.6. The SMILES string of the molecule is O=C(O)c1cnc(Cc2cccc(Br)c2)[nH]1. The summed E-state index contributed by atoms with van der Waals surface area (Å²) in [4.78, 5) is 17.4. The molecule has 82 valence electrons. The predicted octanol–water partition coefficient (Wildman–Crippen LogP) is 2.46. The highest BCUT2D eigenvalue weighted by atomic mass is 79.9. The zero-order valence-corrected chi connectivity index (χ0v) is 9.86. The molecule has 2 rings (SSSR count). The molecule has 1 heterocycles. The average Bonchev–Trinajstić information content (AvgIpc) is 2.66. The minimum Gasteiger partial charge on any atom is -0.477 e. The van der Waals surface area contributed by atoms with Gasteiger partial charge in [-0.3, -0.25) is 0 Å². The van der Waals surface area contributed by atoms with E-state index in [-0.39, 0.29) is 5.69 Å². The van der Waals surface area contributed by atoms with Gasteiger partial charge < -0.3 is 10.1 Å². The molecular formula is C11H9BrN2O2. The van der Waals surface area contributed by atoms with E-state index < -0.39 is 5.97 Å². The Balaban J connectivity index is 2.17. The van der Waals surface area contributed by atoms with Gasteiger partial charge in [-0.05, 0) is 17.7 Å². The van der Waals surface area contributed by atoms with Crippen LogP contribution in [0.1, 0.15) is 21.9 Å². The van der Waals surface area contributed by atoms with Crippen LogP contribution in [0.5, 0.6) is 0 Å². The van der Waals surface area contributed by atoms with Crippen LogP contribution in [0.15, 0.2) is 34.9 Å². The number of nitrogens with zero attached hydrogens (tertiary/aromatic N) is 1. The summed E-state index contributed by atoms with van der Waals surface area (Å²) < 4.78 is 0.995. The van der Waals surface area contributed by atoms with Gasteiger partial charge in [0, 0.05) is 10.9 Å². The quantitative estimate of drug-likeness (QED) is 0.908. The van der Waals surface area contributed by atoms with Gasteiger partial charge in [-0.25, -0.2) is 9.78 Å². The zero-order chi connectivity index (χ0) is 11.5. The number of nitrogens with one attached hydrogen (secondary N) is 1. The summed E-state index contributed by atoms with van der Waals surface area (Å²) in [5, 5.41) is 8.73. The summed E-state index contributed by atoms with van der Waals surface area (Å²) in [6, 6.07) is 7.81.